The Labute approximate surface area is 114 Å². The Bertz CT molecular complexity index is 434. The molecule has 104 valence electrons. The first-order chi connectivity index (χ1) is 9.24. The third-order valence-corrected chi connectivity index (χ3v) is 3.33. The summed E-state index contributed by atoms with van der Waals surface area (Å²) in [6, 6.07) is 7.78. The van der Waals surface area contributed by atoms with E-state index in [0.29, 0.717) is 6.61 Å². The zero-order chi connectivity index (χ0) is 13.7. The number of ether oxygens (including phenoxy) is 1. The van der Waals surface area contributed by atoms with Crippen molar-refractivity contribution in [2.24, 2.45) is 5.92 Å². The van der Waals surface area contributed by atoms with E-state index >= 15 is 0 Å². The standard InChI is InChI=1S/C15H22N2O2/c1-3-19-14-8-5-4-7-13(14)17-10-6-9-16-11-12(2)15(17)18/h4-5,7-8,12,16H,3,6,9-11H2,1-2H3. The monoisotopic (exact) mass is 262 g/mol. The number of hydrogen-bond donors (Lipinski definition) is 1. The van der Waals surface area contributed by atoms with Gasteiger partial charge in [0.2, 0.25) is 5.91 Å². The maximum absolute atomic E-state index is 12.5. The van der Waals surface area contributed by atoms with Gasteiger partial charge in [-0.15, -0.1) is 0 Å². The number of amides is 1. The molecule has 1 saturated heterocycles. The highest BCUT2D eigenvalue weighted by atomic mass is 16.5. The molecule has 0 saturated carbocycles. The topological polar surface area (TPSA) is 41.6 Å². The van der Waals surface area contributed by atoms with Crippen LogP contribution < -0.4 is 15.0 Å². The third kappa shape index (κ3) is 3.26. The molecule has 4 heteroatoms. The van der Waals surface area contributed by atoms with Gasteiger partial charge in [-0.1, -0.05) is 19.1 Å². The van der Waals surface area contributed by atoms with Gasteiger partial charge >= 0.3 is 0 Å². The lowest BCUT2D eigenvalue weighted by molar-refractivity contribution is -0.122. The second-order valence-electron chi connectivity index (χ2n) is 4.85. The van der Waals surface area contributed by atoms with Crippen LogP contribution in [-0.4, -0.2) is 32.1 Å². The van der Waals surface area contributed by atoms with Gasteiger partial charge in [-0.05, 0) is 32.0 Å². The van der Waals surface area contributed by atoms with Gasteiger partial charge in [0, 0.05) is 19.0 Å². The fourth-order valence-electron chi connectivity index (χ4n) is 2.34. The number of nitrogens with zero attached hydrogens (tertiary/aromatic N) is 1. The van der Waals surface area contributed by atoms with Crippen LogP contribution in [-0.2, 0) is 4.79 Å². The molecule has 1 aromatic rings. The Morgan fingerprint density at radius 1 is 1.42 bits per heavy atom. The molecule has 4 nitrogen and oxygen atoms in total. The largest absolute Gasteiger partial charge is 0.492 e. The summed E-state index contributed by atoms with van der Waals surface area (Å²) in [4.78, 5) is 14.4. The number of hydrogen-bond acceptors (Lipinski definition) is 3. The Morgan fingerprint density at radius 3 is 3.00 bits per heavy atom. The molecule has 0 radical (unpaired) electrons. The van der Waals surface area contributed by atoms with Gasteiger partial charge in [-0.25, -0.2) is 0 Å². The van der Waals surface area contributed by atoms with Crippen LogP contribution in [0, 0.1) is 5.92 Å². The number of carbonyl (C=O) groups is 1. The van der Waals surface area contributed by atoms with Crippen LogP contribution in [0.2, 0.25) is 0 Å². The average Bonchev–Trinajstić information content (AvgIpc) is 2.42. The summed E-state index contributed by atoms with van der Waals surface area (Å²) in [5.41, 5.74) is 0.892. The van der Waals surface area contributed by atoms with Crippen LogP contribution in [0.5, 0.6) is 5.75 Å². The summed E-state index contributed by atoms with van der Waals surface area (Å²) in [7, 11) is 0. The van der Waals surface area contributed by atoms with Gasteiger partial charge in [-0.3, -0.25) is 4.79 Å². The maximum atomic E-state index is 12.5. The Balaban J connectivity index is 2.28. The number of para-hydroxylation sites is 2. The fraction of sp³-hybridized carbons (Fsp3) is 0.533. The van der Waals surface area contributed by atoms with Gasteiger partial charge in [0.1, 0.15) is 5.75 Å². The lowest BCUT2D eigenvalue weighted by atomic mass is 10.1. The van der Waals surface area contributed by atoms with Gasteiger partial charge in [-0.2, -0.15) is 0 Å². The van der Waals surface area contributed by atoms with E-state index < -0.39 is 0 Å². The normalized spacial score (nSPS) is 20.8. The number of benzene rings is 1. The minimum atomic E-state index is -0.00465. The van der Waals surface area contributed by atoms with Crippen molar-refractivity contribution in [1.82, 2.24) is 5.32 Å². The minimum absolute atomic E-state index is 0.00465. The van der Waals surface area contributed by atoms with Crippen molar-refractivity contribution in [1.29, 1.82) is 0 Å². The molecule has 1 fully saturated rings. The van der Waals surface area contributed by atoms with E-state index in [1.807, 2.05) is 43.0 Å². The predicted molar refractivity (Wildman–Crippen MR) is 76.6 cm³/mol. The van der Waals surface area contributed by atoms with Crippen LogP contribution in [0.3, 0.4) is 0 Å². The van der Waals surface area contributed by atoms with Gasteiger partial charge in [0.15, 0.2) is 0 Å². The molecule has 0 aliphatic carbocycles. The number of nitrogens with one attached hydrogen (secondary N) is 1. The van der Waals surface area contributed by atoms with Gasteiger partial charge in [0.05, 0.1) is 12.3 Å². The smallest absolute Gasteiger partial charge is 0.231 e. The highest BCUT2D eigenvalue weighted by Crippen LogP contribution is 2.29. The molecule has 1 amide bonds. The van der Waals surface area contributed by atoms with Crippen LogP contribution in [0.25, 0.3) is 0 Å². The Morgan fingerprint density at radius 2 is 2.21 bits per heavy atom. The van der Waals surface area contributed by atoms with E-state index in [9.17, 15) is 4.79 Å². The maximum Gasteiger partial charge on any atom is 0.231 e. The molecule has 1 unspecified atom stereocenters. The summed E-state index contributed by atoms with van der Waals surface area (Å²) >= 11 is 0. The fourth-order valence-corrected chi connectivity index (χ4v) is 2.34. The van der Waals surface area contributed by atoms with Gasteiger partial charge < -0.3 is 15.0 Å². The van der Waals surface area contributed by atoms with Crippen molar-refractivity contribution in [2.75, 3.05) is 31.1 Å². The van der Waals surface area contributed by atoms with E-state index in [2.05, 4.69) is 5.32 Å². The van der Waals surface area contributed by atoms with Gasteiger partial charge in [0.25, 0.3) is 0 Å². The quantitative estimate of drug-likeness (QED) is 0.906. The van der Waals surface area contributed by atoms with Crippen molar-refractivity contribution >= 4 is 11.6 Å². The molecular weight excluding hydrogens is 240 g/mol. The summed E-state index contributed by atoms with van der Waals surface area (Å²) in [6.45, 7) is 6.96. The average molecular weight is 262 g/mol. The molecule has 1 atom stereocenters. The second kappa shape index (κ2) is 6.57. The van der Waals surface area contributed by atoms with Crippen molar-refractivity contribution in [3.8, 4) is 5.75 Å². The number of rotatable bonds is 3. The zero-order valence-electron chi connectivity index (χ0n) is 11.7. The molecule has 1 aromatic carbocycles. The molecule has 19 heavy (non-hydrogen) atoms. The SMILES string of the molecule is CCOc1ccccc1N1CCCNCC(C)C1=O. The van der Waals surface area contributed by atoms with E-state index in [-0.39, 0.29) is 11.8 Å². The molecule has 1 heterocycles. The zero-order valence-corrected chi connectivity index (χ0v) is 11.7. The number of carbonyl (C=O) groups excluding carboxylic acids is 1. The molecular formula is C15H22N2O2. The molecule has 0 spiro atoms. The minimum Gasteiger partial charge on any atom is -0.492 e. The highest BCUT2D eigenvalue weighted by molar-refractivity contribution is 5.96. The summed E-state index contributed by atoms with van der Waals surface area (Å²) in [6.07, 6.45) is 0.957. The van der Waals surface area contributed by atoms with E-state index in [1.54, 1.807) is 0 Å². The van der Waals surface area contributed by atoms with Crippen molar-refractivity contribution in [3.63, 3.8) is 0 Å². The second-order valence-corrected chi connectivity index (χ2v) is 4.85. The predicted octanol–water partition coefficient (Wildman–Crippen LogP) is 2.05. The molecule has 1 N–H and O–H groups in total. The van der Waals surface area contributed by atoms with E-state index in [0.717, 1.165) is 37.5 Å². The van der Waals surface area contributed by atoms with Crippen LogP contribution in [0.1, 0.15) is 20.3 Å². The van der Waals surface area contributed by atoms with E-state index in [4.69, 9.17) is 4.74 Å². The van der Waals surface area contributed by atoms with Crippen molar-refractivity contribution in [2.45, 2.75) is 20.3 Å². The van der Waals surface area contributed by atoms with Crippen molar-refractivity contribution < 1.29 is 9.53 Å². The lowest BCUT2D eigenvalue weighted by Crippen LogP contribution is -2.43. The first-order valence-electron chi connectivity index (χ1n) is 6.98. The van der Waals surface area contributed by atoms with E-state index in [1.165, 1.54) is 0 Å². The Kier molecular flexibility index (Phi) is 4.80. The molecule has 0 bridgehead atoms. The summed E-state index contributed by atoms with van der Waals surface area (Å²) < 4.78 is 5.64. The number of anilines is 1. The van der Waals surface area contributed by atoms with Crippen LogP contribution >= 0.6 is 0 Å². The highest BCUT2D eigenvalue weighted by Gasteiger charge is 2.25. The first-order valence-corrected chi connectivity index (χ1v) is 6.98. The molecule has 2 rings (SSSR count). The summed E-state index contributed by atoms with van der Waals surface area (Å²) in [5.74, 6) is 0.952. The third-order valence-electron chi connectivity index (χ3n) is 3.33. The molecule has 1 aliphatic rings. The first kappa shape index (κ1) is 13.9. The Hall–Kier alpha value is -1.55. The van der Waals surface area contributed by atoms with Crippen LogP contribution in [0.4, 0.5) is 5.69 Å². The molecule has 1 aliphatic heterocycles. The summed E-state index contributed by atoms with van der Waals surface area (Å²) in [5, 5.41) is 3.30. The lowest BCUT2D eigenvalue weighted by Gasteiger charge is -2.29. The molecule has 0 aromatic heterocycles. The van der Waals surface area contributed by atoms with Crippen molar-refractivity contribution in [3.05, 3.63) is 24.3 Å². The van der Waals surface area contributed by atoms with Crippen LogP contribution in [0.15, 0.2) is 24.3 Å².